The van der Waals surface area contributed by atoms with Gasteiger partial charge in [0.1, 0.15) is 0 Å². The molecule has 0 amide bonds. The SMILES string of the molecule is O=c1ccn(CCC2CCC2)c(=S)[nH]1. The lowest BCUT2D eigenvalue weighted by Crippen LogP contribution is -2.16. The van der Waals surface area contributed by atoms with E-state index in [-0.39, 0.29) is 5.56 Å². The van der Waals surface area contributed by atoms with Gasteiger partial charge in [-0.1, -0.05) is 19.3 Å². The summed E-state index contributed by atoms with van der Waals surface area (Å²) in [5.74, 6) is 0.879. The standard InChI is InChI=1S/C10H14N2OS/c13-9-5-7-12(10(14)11-9)6-4-8-2-1-3-8/h5,7-8H,1-4,6H2,(H,11,13,14). The Morgan fingerprint density at radius 1 is 1.57 bits per heavy atom. The summed E-state index contributed by atoms with van der Waals surface area (Å²) < 4.78 is 2.48. The molecular weight excluding hydrogens is 196 g/mol. The molecule has 76 valence electrons. The molecule has 1 saturated carbocycles. The summed E-state index contributed by atoms with van der Waals surface area (Å²) in [4.78, 5) is 13.5. The number of aryl methyl sites for hydroxylation is 1. The van der Waals surface area contributed by atoms with Crippen LogP contribution in [-0.4, -0.2) is 9.55 Å². The molecule has 4 heteroatoms. The highest BCUT2D eigenvalue weighted by Crippen LogP contribution is 2.29. The predicted molar refractivity (Wildman–Crippen MR) is 57.8 cm³/mol. The van der Waals surface area contributed by atoms with E-state index in [1.54, 1.807) is 6.20 Å². The highest BCUT2D eigenvalue weighted by Gasteiger charge is 2.16. The van der Waals surface area contributed by atoms with Crippen LogP contribution in [0, 0.1) is 10.7 Å². The number of hydrogen-bond donors (Lipinski definition) is 1. The maximum absolute atomic E-state index is 10.9. The Morgan fingerprint density at radius 3 is 2.93 bits per heavy atom. The van der Waals surface area contributed by atoms with Crippen molar-refractivity contribution in [3.05, 3.63) is 27.4 Å². The molecule has 0 aromatic carbocycles. The molecule has 1 fully saturated rings. The van der Waals surface area contributed by atoms with E-state index >= 15 is 0 Å². The highest BCUT2D eigenvalue weighted by molar-refractivity contribution is 7.71. The summed E-state index contributed by atoms with van der Waals surface area (Å²) in [6, 6.07) is 1.52. The van der Waals surface area contributed by atoms with Gasteiger partial charge in [0, 0.05) is 18.8 Å². The molecule has 1 aliphatic carbocycles. The van der Waals surface area contributed by atoms with Gasteiger partial charge in [-0.3, -0.25) is 9.78 Å². The molecule has 0 radical (unpaired) electrons. The van der Waals surface area contributed by atoms with Crippen LogP contribution in [0.5, 0.6) is 0 Å². The molecule has 0 atom stereocenters. The first-order valence-electron chi connectivity index (χ1n) is 5.05. The van der Waals surface area contributed by atoms with Crippen molar-refractivity contribution in [3.63, 3.8) is 0 Å². The molecule has 0 spiro atoms. The van der Waals surface area contributed by atoms with Crippen LogP contribution in [0.25, 0.3) is 0 Å². The fourth-order valence-electron chi connectivity index (χ4n) is 1.72. The molecule has 1 aliphatic rings. The van der Waals surface area contributed by atoms with Crippen molar-refractivity contribution >= 4 is 12.2 Å². The Bertz CT molecular complexity index is 417. The van der Waals surface area contributed by atoms with Crippen molar-refractivity contribution < 1.29 is 0 Å². The van der Waals surface area contributed by atoms with E-state index < -0.39 is 0 Å². The first-order chi connectivity index (χ1) is 6.75. The van der Waals surface area contributed by atoms with Crippen molar-refractivity contribution in [2.24, 2.45) is 5.92 Å². The lowest BCUT2D eigenvalue weighted by atomic mass is 9.83. The van der Waals surface area contributed by atoms with Crippen molar-refractivity contribution in [2.45, 2.75) is 32.2 Å². The van der Waals surface area contributed by atoms with E-state index in [4.69, 9.17) is 12.2 Å². The van der Waals surface area contributed by atoms with Crippen LogP contribution in [0.1, 0.15) is 25.7 Å². The zero-order valence-electron chi connectivity index (χ0n) is 8.03. The lowest BCUT2D eigenvalue weighted by Gasteiger charge is -2.25. The predicted octanol–water partition coefficient (Wildman–Crippen LogP) is 2.10. The third kappa shape index (κ3) is 2.12. The van der Waals surface area contributed by atoms with Crippen LogP contribution in [0.3, 0.4) is 0 Å². The number of nitrogens with one attached hydrogen (secondary N) is 1. The van der Waals surface area contributed by atoms with Crippen molar-refractivity contribution in [1.29, 1.82) is 0 Å². The second-order valence-corrected chi connectivity index (χ2v) is 4.28. The molecule has 0 unspecified atom stereocenters. The molecule has 14 heavy (non-hydrogen) atoms. The highest BCUT2D eigenvalue weighted by atomic mass is 32.1. The van der Waals surface area contributed by atoms with E-state index in [1.807, 2.05) is 4.57 Å². The van der Waals surface area contributed by atoms with Crippen LogP contribution < -0.4 is 5.56 Å². The third-order valence-corrected chi connectivity index (χ3v) is 3.24. The molecule has 3 nitrogen and oxygen atoms in total. The van der Waals surface area contributed by atoms with Crippen LogP contribution in [-0.2, 0) is 6.54 Å². The van der Waals surface area contributed by atoms with E-state index in [2.05, 4.69) is 4.98 Å². The van der Waals surface area contributed by atoms with Gasteiger partial charge in [-0.2, -0.15) is 0 Å². The first-order valence-corrected chi connectivity index (χ1v) is 5.46. The molecule has 0 saturated heterocycles. The fourth-order valence-corrected chi connectivity index (χ4v) is 1.98. The number of aromatic amines is 1. The van der Waals surface area contributed by atoms with E-state index in [1.165, 1.54) is 31.7 Å². The number of nitrogens with zero attached hydrogens (tertiary/aromatic N) is 1. The quantitative estimate of drug-likeness (QED) is 0.776. The molecule has 1 heterocycles. The summed E-state index contributed by atoms with van der Waals surface area (Å²) in [6.45, 7) is 0.931. The maximum atomic E-state index is 10.9. The van der Waals surface area contributed by atoms with Crippen LogP contribution in [0.4, 0.5) is 0 Å². The Labute approximate surface area is 87.8 Å². The van der Waals surface area contributed by atoms with Gasteiger partial charge in [-0.05, 0) is 24.6 Å². The number of aromatic nitrogens is 2. The normalized spacial score (nSPS) is 16.6. The molecule has 1 aromatic rings. The van der Waals surface area contributed by atoms with Gasteiger partial charge in [0.25, 0.3) is 5.56 Å². The van der Waals surface area contributed by atoms with E-state index in [0.29, 0.717) is 4.77 Å². The van der Waals surface area contributed by atoms with Crippen molar-refractivity contribution in [3.8, 4) is 0 Å². The minimum absolute atomic E-state index is 0.116. The molecule has 0 aliphatic heterocycles. The fraction of sp³-hybridized carbons (Fsp3) is 0.600. The third-order valence-electron chi connectivity index (χ3n) is 2.90. The number of H-pyrrole nitrogens is 1. The summed E-state index contributed by atoms with van der Waals surface area (Å²) in [7, 11) is 0. The Hall–Kier alpha value is -0.900. The van der Waals surface area contributed by atoms with Gasteiger partial charge in [-0.25, -0.2) is 0 Å². The van der Waals surface area contributed by atoms with E-state index in [9.17, 15) is 4.79 Å². The summed E-state index contributed by atoms with van der Waals surface area (Å²) in [5.41, 5.74) is -0.116. The molecular formula is C10H14N2OS. The number of rotatable bonds is 3. The number of hydrogen-bond acceptors (Lipinski definition) is 2. The topological polar surface area (TPSA) is 37.8 Å². The smallest absolute Gasteiger partial charge is 0.251 e. The monoisotopic (exact) mass is 210 g/mol. The van der Waals surface area contributed by atoms with Gasteiger partial charge in [0.15, 0.2) is 4.77 Å². The summed E-state index contributed by atoms with van der Waals surface area (Å²) in [6.07, 6.45) is 7.05. The lowest BCUT2D eigenvalue weighted by molar-refractivity contribution is 0.281. The maximum Gasteiger partial charge on any atom is 0.251 e. The molecule has 2 rings (SSSR count). The summed E-state index contributed by atoms with van der Waals surface area (Å²) >= 11 is 5.05. The molecule has 1 aromatic heterocycles. The van der Waals surface area contributed by atoms with Crippen molar-refractivity contribution in [2.75, 3.05) is 0 Å². The Balaban J connectivity index is 2.01. The average Bonchev–Trinajstić information content (AvgIpc) is 2.05. The molecule has 0 bridgehead atoms. The largest absolute Gasteiger partial charge is 0.325 e. The minimum atomic E-state index is -0.116. The minimum Gasteiger partial charge on any atom is -0.325 e. The zero-order chi connectivity index (χ0) is 9.97. The van der Waals surface area contributed by atoms with Gasteiger partial charge >= 0.3 is 0 Å². The van der Waals surface area contributed by atoms with Gasteiger partial charge in [0.05, 0.1) is 0 Å². The van der Waals surface area contributed by atoms with Crippen LogP contribution in [0.15, 0.2) is 17.1 Å². The van der Waals surface area contributed by atoms with Crippen LogP contribution >= 0.6 is 12.2 Å². The Morgan fingerprint density at radius 2 is 2.36 bits per heavy atom. The van der Waals surface area contributed by atoms with E-state index in [0.717, 1.165) is 12.5 Å². The zero-order valence-corrected chi connectivity index (χ0v) is 8.85. The van der Waals surface area contributed by atoms with Gasteiger partial charge < -0.3 is 4.57 Å². The molecule has 1 N–H and O–H groups in total. The first kappa shape index (κ1) is 9.65. The summed E-state index contributed by atoms with van der Waals surface area (Å²) in [5, 5.41) is 0. The Kier molecular flexibility index (Phi) is 2.82. The average molecular weight is 210 g/mol. The van der Waals surface area contributed by atoms with Crippen LogP contribution in [0.2, 0.25) is 0 Å². The second kappa shape index (κ2) is 4.09. The van der Waals surface area contributed by atoms with Gasteiger partial charge in [-0.15, -0.1) is 0 Å². The van der Waals surface area contributed by atoms with Crippen molar-refractivity contribution in [1.82, 2.24) is 9.55 Å². The second-order valence-electron chi connectivity index (χ2n) is 3.89. The van der Waals surface area contributed by atoms with Gasteiger partial charge in [0.2, 0.25) is 0 Å².